The van der Waals surface area contributed by atoms with Crippen molar-refractivity contribution in [3.05, 3.63) is 63.6 Å². The molecule has 1 N–H and O–H groups in total. The fraction of sp³-hybridized carbons (Fsp3) is 0.381. The van der Waals surface area contributed by atoms with Gasteiger partial charge in [-0.1, -0.05) is 6.07 Å². The molecule has 29 heavy (non-hydrogen) atoms. The minimum atomic E-state index is -0.388. The second-order valence-electron chi connectivity index (χ2n) is 7.95. The Hall–Kier alpha value is -2.58. The molecule has 0 aliphatic carbocycles. The van der Waals surface area contributed by atoms with Gasteiger partial charge in [-0.2, -0.15) is 0 Å². The van der Waals surface area contributed by atoms with Gasteiger partial charge in [0.1, 0.15) is 11.6 Å². The number of benzene rings is 1. The van der Waals surface area contributed by atoms with Crippen LogP contribution in [0.25, 0.3) is 0 Å². The smallest absolute Gasteiger partial charge is 0.293 e. The Kier molecular flexibility index (Phi) is 4.67. The molecular weight excluding hydrogens is 389 g/mol. The van der Waals surface area contributed by atoms with Crippen LogP contribution in [0.1, 0.15) is 26.2 Å². The van der Waals surface area contributed by atoms with Crippen LogP contribution in [0, 0.1) is 24.6 Å². The number of hydrogen-bond donors (Lipinski definition) is 1. The van der Waals surface area contributed by atoms with Gasteiger partial charge in [-0.05, 0) is 49.1 Å². The Labute approximate surface area is 172 Å². The van der Waals surface area contributed by atoms with Crippen LogP contribution >= 0.6 is 11.3 Å². The second-order valence-corrected chi connectivity index (χ2v) is 9.32. The number of likely N-dealkylation sites (tertiary alicyclic amines) is 1. The molecule has 0 radical (unpaired) electrons. The summed E-state index contributed by atoms with van der Waals surface area (Å²) < 4.78 is 15.3. The van der Waals surface area contributed by atoms with E-state index in [1.165, 1.54) is 21.9 Å². The average Bonchev–Trinajstić information content (AvgIpc) is 3.37. The van der Waals surface area contributed by atoms with E-state index in [1.54, 1.807) is 12.1 Å². The highest BCUT2D eigenvalue weighted by molar-refractivity contribution is 7.11. The lowest BCUT2D eigenvalue weighted by atomic mass is 9.89. The zero-order valence-electron chi connectivity index (χ0n) is 16.1. The summed E-state index contributed by atoms with van der Waals surface area (Å²) in [6.07, 6.45) is 0.838. The number of nitrogens with one attached hydrogen (secondary N) is 1. The van der Waals surface area contributed by atoms with Gasteiger partial charge in [0.15, 0.2) is 0 Å². The van der Waals surface area contributed by atoms with E-state index in [4.69, 9.17) is 0 Å². The van der Waals surface area contributed by atoms with Crippen molar-refractivity contribution in [1.82, 2.24) is 19.7 Å². The van der Waals surface area contributed by atoms with Crippen LogP contribution < -0.4 is 5.32 Å². The molecule has 3 aromatic rings. The maximum absolute atomic E-state index is 13.4. The number of nitrogens with zero attached hydrogens (tertiary/aromatic N) is 4. The van der Waals surface area contributed by atoms with Crippen LogP contribution in [0.5, 0.6) is 0 Å². The van der Waals surface area contributed by atoms with E-state index in [2.05, 4.69) is 39.5 Å². The van der Waals surface area contributed by atoms with Crippen molar-refractivity contribution in [3.63, 3.8) is 0 Å². The molecule has 0 spiro atoms. The van der Waals surface area contributed by atoms with E-state index in [0.29, 0.717) is 23.3 Å². The second kappa shape index (κ2) is 7.35. The number of amides is 1. The standard InChI is InChI=1S/C21H22FN5OS/c1-13-5-6-18(29-13)12-26-9-14-7-19-24-25-20(27(19)11-15(14)10-26)21(28)23-17-4-2-3-16(22)8-17/h2-6,8,14-15H,7,9-12H2,1H3,(H,23,28)/t14-,15-/m0/s1. The summed E-state index contributed by atoms with van der Waals surface area (Å²) in [6, 6.07) is 10.3. The number of aromatic nitrogens is 3. The van der Waals surface area contributed by atoms with E-state index < -0.39 is 0 Å². The monoisotopic (exact) mass is 411 g/mol. The molecule has 0 saturated carbocycles. The summed E-state index contributed by atoms with van der Waals surface area (Å²) in [5.41, 5.74) is 0.416. The molecule has 1 fully saturated rings. The molecule has 1 aromatic carbocycles. The molecule has 0 unspecified atom stereocenters. The molecule has 1 amide bonds. The van der Waals surface area contributed by atoms with Crippen molar-refractivity contribution in [2.45, 2.75) is 26.4 Å². The summed E-state index contributed by atoms with van der Waals surface area (Å²) in [6.45, 7) is 5.95. The lowest BCUT2D eigenvalue weighted by Crippen LogP contribution is -2.31. The minimum absolute atomic E-state index is 0.301. The van der Waals surface area contributed by atoms with Crippen LogP contribution in [0.3, 0.4) is 0 Å². The van der Waals surface area contributed by atoms with Crippen molar-refractivity contribution in [1.29, 1.82) is 0 Å². The van der Waals surface area contributed by atoms with Crippen LogP contribution in [0.2, 0.25) is 0 Å². The lowest BCUT2D eigenvalue weighted by molar-refractivity contribution is 0.100. The molecule has 150 valence electrons. The number of anilines is 1. The maximum atomic E-state index is 13.4. The Morgan fingerprint density at radius 1 is 1.21 bits per heavy atom. The topological polar surface area (TPSA) is 63.1 Å². The van der Waals surface area contributed by atoms with E-state index >= 15 is 0 Å². The summed E-state index contributed by atoms with van der Waals surface area (Å²) in [4.78, 5) is 17.9. The summed E-state index contributed by atoms with van der Waals surface area (Å²) >= 11 is 1.86. The molecule has 1 saturated heterocycles. The normalized spacial score (nSPS) is 21.0. The van der Waals surface area contributed by atoms with Crippen LogP contribution in [-0.2, 0) is 19.5 Å². The fourth-order valence-corrected chi connectivity index (χ4v) is 5.39. The van der Waals surface area contributed by atoms with Crippen molar-refractivity contribution < 1.29 is 9.18 Å². The number of carbonyl (C=O) groups excluding carboxylic acids is 1. The quantitative estimate of drug-likeness (QED) is 0.715. The Morgan fingerprint density at radius 2 is 2.07 bits per heavy atom. The van der Waals surface area contributed by atoms with Gasteiger partial charge in [0.2, 0.25) is 5.82 Å². The third kappa shape index (κ3) is 3.70. The predicted octanol–water partition coefficient (Wildman–Crippen LogP) is 3.34. The van der Waals surface area contributed by atoms with Crippen molar-refractivity contribution >= 4 is 22.9 Å². The van der Waals surface area contributed by atoms with Crippen molar-refractivity contribution in [2.24, 2.45) is 11.8 Å². The Balaban J connectivity index is 1.28. The van der Waals surface area contributed by atoms with Gasteiger partial charge in [0, 0.05) is 48.0 Å². The summed E-state index contributed by atoms with van der Waals surface area (Å²) in [7, 11) is 0. The number of fused-ring (bicyclic) bond motifs is 2. The first-order valence-electron chi connectivity index (χ1n) is 9.82. The average molecular weight is 412 g/mol. The van der Waals surface area contributed by atoms with E-state index in [0.717, 1.165) is 38.4 Å². The van der Waals surface area contributed by atoms with Gasteiger partial charge >= 0.3 is 0 Å². The first kappa shape index (κ1) is 18.4. The van der Waals surface area contributed by atoms with Crippen molar-refractivity contribution in [2.75, 3.05) is 18.4 Å². The van der Waals surface area contributed by atoms with Crippen LogP contribution in [0.4, 0.5) is 10.1 Å². The Bertz CT molecular complexity index is 1060. The minimum Gasteiger partial charge on any atom is -0.319 e. The van der Waals surface area contributed by atoms with Gasteiger partial charge in [-0.3, -0.25) is 9.69 Å². The van der Waals surface area contributed by atoms with Gasteiger partial charge in [-0.15, -0.1) is 21.5 Å². The first-order chi connectivity index (χ1) is 14.0. The zero-order valence-corrected chi connectivity index (χ0v) is 17.0. The summed E-state index contributed by atoms with van der Waals surface area (Å²) in [5, 5.41) is 11.1. The fourth-order valence-electron chi connectivity index (χ4n) is 4.46. The number of halogens is 1. The highest BCUT2D eigenvalue weighted by atomic mass is 32.1. The molecule has 2 aliphatic rings. The van der Waals surface area contributed by atoms with E-state index in [-0.39, 0.29) is 11.7 Å². The number of hydrogen-bond acceptors (Lipinski definition) is 5. The van der Waals surface area contributed by atoms with E-state index in [1.807, 2.05) is 15.9 Å². The highest BCUT2D eigenvalue weighted by Gasteiger charge is 2.39. The molecule has 0 bridgehead atoms. The molecule has 2 aliphatic heterocycles. The lowest BCUT2D eigenvalue weighted by Gasteiger charge is -2.25. The van der Waals surface area contributed by atoms with Gasteiger partial charge in [-0.25, -0.2) is 4.39 Å². The molecular formula is C21H22FN5OS. The highest BCUT2D eigenvalue weighted by Crippen LogP contribution is 2.34. The third-order valence-electron chi connectivity index (χ3n) is 5.80. The molecule has 8 heteroatoms. The molecule has 5 rings (SSSR count). The van der Waals surface area contributed by atoms with Crippen LogP contribution in [-0.4, -0.2) is 38.7 Å². The summed E-state index contributed by atoms with van der Waals surface area (Å²) in [5.74, 6) is 1.46. The largest absolute Gasteiger partial charge is 0.319 e. The van der Waals surface area contributed by atoms with Crippen LogP contribution in [0.15, 0.2) is 36.4 Å². The number of thiophene rings is 1. The number of carbonyl (C=O) groups is 1. The third-order valence-corrected chi connectivity index (χ3v) is 6.79. The first-order valence-corrected chi connectivity index (χ1v) is 10.6. The molecule has 6 nitrogen and oxygen atoms in total. The van der Waals surface area contributed by atoms with Crippen molar-refractivity contribution in [3.8, 4) is 0 Å². The molecule has 4 heterocycles. The van der Waals surface area contributed by atoms with E-state index in [9.17, 15) is 9.18 Å². The molecule has 2 atom stereocenters. The molecule has 2 aromatic heterocycles. The van der Waals surface area contributed by atoms with Gasteiger partial charge in [0.05, 0.1) is 0 Å². The predicted molar refractivity (Wildman–Crippen MR) is 109 cm³/mol. The van der Waals surface area contributed by atoms with Gasteiger partial charge < -0.3 is 9.88 Å². The number of aryl methyl sites for hydroxylation is 1. The SMILES string of the molecule is Cc1ccc(CN2C[C@@H]3Cc4nnc(C(=O)Nc5cccc(F)c5)n4C[C@@H]3C2)s1. The number of rotatable bonds is 4. The zero-order chi connectivity index (χ0) is 20.0. The Morgan fingerprint density at radius 3 is 2.86 bits per heavy atom. The maximum Gasteiger partial charge on any atom is 0.293 e. The van der Waals surface area contributed by atoms with Gasteiger partial charge in [0.25, 0.3) is 5.91 Å².